The van der Waals surface area contributed by atoms with Crippen molar-refractivity contribution in [2.24, 2.45) is 5.41 Å². The van der Waals surface area contributed by atoms with Gasteiger partial charge in [-0.05, 0) is 20.5 Å². The van der Waals surface area contributed by atoms with Gasteiger partial charge in [0.1, 0.15) is 0 Å². The number of likely N-dealkylation sites (N-methyl/N-ethyl adjacent to an activating group) is 1. The van der Waals surface area contributed by atoms with Crippen LogP contribution >= 0.6 is 0 Å². The molecule has 0 bridgehead atoms. The van der Waals surface area contributed by atoms with E-state index in [1.807, 2.05) is 39.8 Å². The minimum absolute atomic E-state index is 0.256. The molecule has 0 rings (SSSR count). The SMILES string of the molecule is CCCN(CCN(C)C)C(=O)C(C)(C)C. The van der Waals surface area contributed by atoms with E-state index in [-0.39, 0.29) is 11.3 Å². The minimum Gasteiger partial charge on any atom is -0.341 e. The van der Waals surface area contributed by atoms with E-state index in [1.165, 1.54) is 0 Å². The van der Waals surface area contributed by atoms with Crippen molar-refractivity contribution in [1.29, 1.82) is 0 Å². The van der Waals surface area contributed by atoms with E-state index < -0.39 is 0 Å². The zero-order chi connectivity index (χ0) is 12.1. The molecule has 0 saturated carbocycles. The Morgan fingerprint density at radius 2 is 1.60 bits per heavy atom. The number of hydrogen-bond acceptors (Lipinski definition) is 2. The maximum absolute atomic E-state index is 12.1. The van der Waals surface area contributed by atoms with E-state index in [2.05, 4.69) is 11.8 Å². The van der Waals surface area contributed by atoms with Crippen LogP contribution in [0.4, 0.5) is 0 Å². The topological polar surface area (TPSA) is 23.6 Å². The molecule has 15 heavy (non-hydrogen) atoms. The van der Waals surface area contributed by atoms with E-state index in [9.17, 15) is 4.79 Å². The quantitative estimate of drug-likeness (QED) is 0.697. The lowest BCUT2D eigenvalue weighted by Gasteiger charge is -2.30. The average Bonchev–Trinajstić information content (AvgIpc) is 2.09. The molecule has 0 aromatic carbocycles. The van der Waals surface area contributed by atoms with Gasteiger partial charge in [-0.1, -0.05) is 27.7 Å². The van der Waals surface area contributed by atoms with Gasteiger partial charge in [-0.25, -0.2) is 0 Å². The minimum atomic E-state index is -0.262. The summed E-state index contributed by atoms with van der Waals surface area (Å²) in [6.45, 7) is 10.7. The molecule has 0 radical (unpaired) electrons. The molecule has 0 spiro atoms. The van der Waals surface area contributed by atoms with Crippen LogP contribution in [0.25, 0.3) is 0 Å². The molecule has 0 fully saturated rings. The van der Waals surface area contributed by atoms with E-state index >= 15 is 0 Å². The van der Waals surface area contributed by atoms with Crippen molar-refractivity contribution in [2.75, 3.05) is 33.7 Å². The Morgan fingerprint density at radius 1 is 1.07 bits per heavy atom. The van der Waals surface area contributed by atoms with Gasteiger partial charge in [-0.3, -0.25) is 4.79 Å². The van der Waals surface area contributed by atoms with Crippen molar-refractivity contribution in [3.63, 3.8) is 0 Å². The van der Waals surface area contributed by atoms with Gasteiger partial charge >= 0.3 is 0 Å². The molecule has 0 heterocycles. The van der Waals surface area contributed by atoms with Crippen LogP contribution < -0.4 is 0 Å². The second kappa shape index (κ2) is 6.11. The molecule has 0 saturated heterocycles. The standard InChI is InChI=1S/C12H26N2O/c1-7-8-14(10-9-13(5)6)11(15)12(2,3)4/h7-10H2,1-6H3. The predicted molar refractivity (Wildman–Crippen MR) is 64.9 cm³/mol. The molecular weight excluding hydrogens is 188 g/mol. The number of amides is 1. The number of nitrogens with zero attached hydrogens (tertiary/aromatic N) is 2. The van der Waals surface area contributed by atoms with E-state index in [1.54, 1.807) is 0 Å². The first kappa shape index (κ1) is 14.4. The van der Waals surface area contributed by atoms with Gasteiger partial charge in [0.05, 0.1) is 0 Å². The molecular formula is C12H26N2O. The summed E-state index contributed by atoms with van der Waals surface area (Å²) in [6, 6.07) is 0. The van der Waals surface area contributed by atoms with Crippen molar-refractivity contribution in [1.82, 2.24) is 9.80 Å². The summed E-state index contributed by atoms with van der Waals surface area (Å²) < 4.78 is 0. The third kappa shape index (κ3) is 5.78. The highest BCUT2D eigenvalue weighted by atomic mass is 16.2. The summed E-state index contributed by atoms with van der Waals surface area (Å²) in [5.41, 5.74) is -0.262. The molecule has 0 aromatic rings. The summed E-state index contributed by atoms with van der Waals surface area (Å²) in [7, 11) is 4.07. The lowest BCUT2D eigenvalue weighted by molar-refractivity contribution is -0.139. The second-order valence-electron chi connectivity index (χ2n) is 5.35. The fourth-order valence-corrected chi connectivity index (χ4v) is 1.38. The second-order valence-corrected chi connectivity index (χ2v) is 5.35. The van der Waals surface area contributed by atoms with Crippen LogP contribution in [0.5, 0.6) is 0 Å². The van der Waals surface area contributed by atoms with Gasteiger partial charge < -0.3 is 9.80 Å². The van der Waals surface area contributed by atoms with Gasteiger partial charge in [0, 0.05) is 25.0 Å². The van der Waals surface area contributed by atoms with Crippen LogP contribution in [0.2, 0.25) is 0 Å². The third-order valence-electron chi connectivity index (χ3n) is 2.24. The zero-order valence-corrected chi connectivity index (χ0v) is 11.1. The molecule has 90 valence electrons. The fraction of sp³-hybridized carbons (Fsp3) is 0.917. The van der Waals surface area contributed by atoms with Crippen molar-refractivity contribution >= 4 is 5.91 Å². The Hall–Kier alpha value is -0.570. The van der Waals surface area contributed by atoms with Crippen LogP contribution in [0.1, 0.15) is 34.1 Å². The fourth-order valence-electron chi connectivity index (χ4n) is 1.38. The Kier molecular flexibility index (Phi) is 5.88. The van der Waals surface area contributed by atoms with Crippen molar-refractivity contribution in [3.05, 3.63) is 0 Å². The smallest absolute Gasteiger partial charge is 0.227 e. The summed E-state index contributed by atoms with van der Waals surface area (Å²) in [6.07, 6.45) is 1.02. The number of rotatable bonds is 5. The lowest BCUT2D eigenvalue weighted by atomic mass is 9.94. The van der Waals surface area contributed by atoms with Gasteiger partial charge in [-0.2, -0.15) is 0 Å². The monoisotopic (exact) mass is 214 g/mol. The Balaban J connectivity index is 4.32. The maximum Gasteiger partial charge on any atom is 0.227 e. The van der Waals surface area contributed by atoms with Crippen LogP contribution in [0.15, 0.2) is 0 Å². The first-order chi connectivity index (χ1) is 6.79. The molecule has 0 aliphatic rings. The molecule has 1 amide bonds. The van der Waals surface area contributed by atoms with E-state index in [0.717, 1.165) is 26.1 Å². The highest BCUT2D eigenvalue weighted by Crippen LogP contribution is 2.17. The van der Waals surface area contributed by atoms with E-state index in [0.29, 0.717) is 0 Å². The third-order valence-corrected chi connectivity index (χ3v) is 2.24. The molecule has 0 unspecified atom stereocenters. The summed E-state index contributed by atoms with van der Waals surface area (Å²) in [5.74, 6) is 0.256. The number of carbonyl (C=O) groups is 1. The Morgan fingerprint density at radius 3 is 1.93 bits per heavy atom. The molecule has 0 aromatic heterocycles. The molecule has 0 N–H and O–H groups in total. The van der Waals surface area contributed by atoms with Crippen LogP contribution in [0, 0.1) is 5.41 Å². The van der Waals surface area contributed by atoms with Crippen LogP contribution in [-0.4, -0.2) is 49.4 Å². The number of carbonyl (C=O) groups excluding carboxylic acids is 1. The molecule has 0 aliphatic carbocycles. The molecule has 3 nitrogen and oxygen atoms in total. The van der Waals surface area contributed by atoms with Crippen molar-refractivity contribution in [2.45, 2.75) is 34.1 Å². The van der Waals surface area contributed by atoms with Gasteiger partial charge in [-0.15, -0.1) is 0 Å². The summed E-state index contributed by atoms with van der Waals surface area (Å²) >= 11 is 0. The Labute approximate surface area is 94.4 Å². The predicted octanol–water partition coefficient (Wildman–Crippen LogP) is 1.83. The molecule has 3 heteroatoms. The van der Waals surface area contributed by atoms with Gasteiger partial charge in [0.15, 0.2) is 0 Å². The van der Waals surface area contributed by atoms with Gasteiger partial charge in [0.25, 0.3) is 0 Å². The maximum atomic E-state index is 12.1. The van der Waals surface area contributed by atoms with E-state index in [4.69, 9.17) is 0 Å². The number of hydrogen-bond donors (Lipinski definition) is 0. The normalized spacial score (nSPS) is 11.9. The van der Waals surface area contributed by atoms with Crippen LogP contribution in [-0.2, 0) is 4.79 Å². The van der Waals surface area contributed by atoms with Gasteiger partial charge in [0.2, 0.25) is 5.91 Å². The zero-order valence-electron chi connectivity index (χ0n) is 11.1. The van der Waals surface area contributed by atoms with Crippen molar-refractivity contribution < 1.29 is 4.79 Å². The largest absolute Gasteiger partial charge is 0.341 e. The highest BCUT2D eigenvalue weighted by Gasteiger charge is 2.26. The summed E-state index contributed by atoms with van der Waals surface area (Å²) in [5, 5.41) is 0. The van der Waals surface area contributed by atoms with Crippen molar-refractivity contribution in [3.8, 4) is 0 Å². The lowest BCUT2D eigenvalue weighted by Crippen LogP contribution is -2.43. The molecule has 0 aliphatic heterocycles. The Bertz CT molecular complexity index is 194. The molecule has 0 atom stereocenters. The first-order valence-corrected chi connectivity index (χ1v) is 5.73. The van der Waals surface area contributed by atoms with Crippen LogP contribution in [0.3, 0.4) is 0 Å². The summed E-state index contributed by atoms with van der Waals surface area (Å²) in [4.78, 5) is 16.2. The first-order valence-electron chi connectivity index (χ1n) is 5.73. The average molecular weight is 214 g/mol. The highest BCUT2D eigenvalue weighted by molar-refractivity contribution is 5.81.